The Morgan fingerprint density at radius 3 is 2.57 bits per heavy atom. The van der Waals surface area contributed by atoms with Crippen molar-refractivity contribution in [1.29, 1.82) is 0 Å². The van der Waals surface area contributed by atoms with Gasteiger partial charge in [-0.3, -0.25) is 4.79 Å². The van der Waals surface area contributed by atoms with Crippen molar-refractivity contribution in [2.24, 2.45) is 5.10 Å². The molecule has 0 aliphatic heterocycles. The normalized spacial score (nSPS) is 10.6. The molecular weight excluding hydrogens is 360 g/mol. The number of rotatable bonds is 7. The number of ether oxygens (including phenoxy) is 2. The quantitative estimate of drug-likeness (QED) is 0.387. The van der Waals surface area contributed by atoms with Crippen molar-refractivity contribution >= 4 is 18.1 Å². The molecule has 28 heavy (non-hydrogen) atoms. The van der Waals surface area contributed by atoms with E-state index in [1.165, 1.54) is 19.6 Å². The van der Waals surface area contributed by atoms with Crippen molar-refractivity contribution in [2.45, 2.75) is 6.61 Å². The smallest absolute Gasteiger partial charge is 0.337 e. The average molecular weight is 378 g/mol. The molecule has 0 saturated heterocycles. The number of nitrogens with one attached hydrogen (secondary N) is 1. The van der Waals surface area contributed by atoms with E-state index in [9.17, 15) is 9.59 Å². The van der Waals surface area contributed by atoms with Crippen molar-refractivity contribution in [3.8, 4) is 5.75 Å². The lowest BCUT2D eigenvalue weighted by Crippen LogP contribution is -2.16. The van der Waals surface area contributed by atoms with Gasteiger partial charge in [0.2, 0.25) is 0 Å². The van der Waals surface area contributed by atoms with Crippen molar-refractivity contribution in [1.82, 2.24) is 5.43 Å². The first-order valence-corrected chi connectivity index (χ1v) is 8.43. The zero-order valence-corrected chi connectivity index (χ0v) is 15.1. The van der Waals surface area contributed by atoms with E-state index in [1.54, 1.807) is 42.5 Å². The maximum absolute atomic E-state index is 11.8. The van der Waals surface area contributed by atoms with Crippen LogP contribution >= 0.6 is 0 Å². The molecule has 1 N–H and O–H groups in total. The number of hydrogen-bond donors (Lipinski definition) is 1. The number of furan rings is 1. The van der Waals surface area contributed by atoms with E-state index >= 15 is 0 Å². The lowest BCUT2D eigenvalue weighted by atomic mass is 10.1. The summed E-state index contributed by atoms with van der Waals surface area (Å²) in [6.45, 7) is 0.311. The third-order valence-corrected chi connectivity index (χ3v) is 3.80. The van der Waals surface area contributed by atoms with E-state index in [1.807, 2.05) is 18.2 Å². The summed E-state index contributed by atoms with van der Waals surface area (Å²) in [7, 11) is 1.34. The van der Waals surface area contributed by atoms with Crippen molar-refractivity contribution in [3.63, 3.8) is 0 Å². The SMILES string of the molecule is COC(=O)c1ccc(COc2ccccc2/C=N\NC(=O)c2ccco2)cc1. The molecule has 2 aromatic carbocycles. The van der Waals surface area contributed by atoms with E-state index in [-0.39, 0.29) is 11.7 Å². The third-order valence-electron chi connectivity index (χ3n) is 3.80. The van der Waals surface area contributed by atoms with Crippen LogP contribution in [-0.4, -0.2) is 25.2 Å². The van der Waals surface area contributed by atoms with Crippen LogP contribution in [0, 0.1) is 0 Å². The second kappa shape index (κ2) is 9.18. The fourth-order valence-corrected chi connectivity index (χ4v) is 2.36. The molecule has 0 saturated carbocycles. The average Bonchev–Trinajstić information content (AvgIpc) is 3.28. The summed E-state index contributed by atoms with van der Waals surface area (Å²) >= 11 is 0. The second-order valence-corrected chi connectivity index (χ2v) is 5.69. The number of methoxy groups -OCH3 is 1. The molecule has 1 heterocycles. The Balaban J connectivity index is 1.61. The predicted molar refractivity (Wildman–Crippen MR) is 102 cm³/mol. The zero-order chi connectivity index (χ0) is 19.8. The minimum absolute atomic E-state index is 0.178. The van der Waals surface area contributed by atoms with E-state index in [4.69, 9.17) is 9.15 Å². The summed E-state index contributed by atoms with van der Waals surface area (Å²) in [5.41, 5.74) is 4.47. The van der Waals surface area contributed by atoms with Crippen LogP contribution in [0.3, 0.4) is 0 Å². The monoisotopic (exact) mass is 378 g/mol. The molecule has 0 radical (unpaired) electrons. The lowest BCUT2D eigenvalue weighted by molar-refractivity contribution is 0.0600. The first-order chi connectivity index (χ1) is 13.7. The van der Waals surface area contributed by atoms with Gasteiger partial charge in [0.05, 0.1) is 25.2 Å². The van der Waals surface area contributed by atoms with Gasteiger partial charge >= 0.3 is 11.9 Å². The Labute approximate surface area is 161 Å². The molecule has 7 nitrogen and oxygen atoms in total. The van der Waals surface area contributed by atoms with Gasteiger partial charge in [-0.25, -0.2) is 10.2 Å². The number of nitrogens with zero attached hydrogens (tertiary/aromatic N) is 1. The summed E-state index contributed by atoms with van der Waals surface area (Å²) in [6, 6.07) is 17.4. The Bertz CT molecular complexity index is 963. The number of carbonyl (C=O) groups excluding carboxylic acids is 2. The summed E-state index contributed by atoms with van der Waals surface area (Å²) in [6.07, 6.45) is 2.91. The van der Waals surface area contributed by atoms with Gasteiger partial charge in [0.15, 0.2) is 5.76 Å². The number of hydrogen-bond acceptors (Lipinski definition) is 6. The molecule has 0 spiro atoms. The number of esters is 1. The van der Waals surface area contributed by atoms with Crippen molar-refractivity contribution in [2.75, 3.05) is 7.11 Å². The molecule has 7 heteroatoms. The van der Waals surface area contributed by atoms with Gasteiger partial charge in [-0.15, -0.1) is 0 Å². The number of para-hydroxylation sites is 1. The third kappa shape index (κ3) is 4.85. The first-order valence-electron chi connectivity index (χ1n) is 8.43. The lowest BCUT2D eigenvalue weighted by Gasteiger charge is -2.09. The Hall–Kier alpha value is -3.87. The van der Waals surface area contributed by atoms with Crippen LogP contribution in [0.15, 0.2) is 76.4 Å². The molecule has 1 aromatic heterocycles. The van der Waals surface area contributed by atoms with Crippen LogP contribution in [0.4, 0.5) is 0 Å². The van der Waals surface area contributed by atoms with Gasteiger partial charge in [-0.1, -0.05) is 24.3 Å². The maximum atomic E-state index is 11.8. The number of amides is 1. The molecule has 3 rings (SSSR count). The van der Waals surface area contributed by atoms with Crippen molar-refractivity contribution in [3.05, 3.63) is 89.4 Å². The highest BCUT2D eigenvalue weighted by molar-refractivity contribution is 5.92. The molecule has 0 aliphatic carbocycles. The molecule has 0 fully saturated rings. The fourth-order valence-electron chi connectivity index (χ4n) is 2.36. The number of benzene rings is 2. The highest BCUT2D eigenvalue weighted by Gasteiger charge is 2.07. The largest absolute Gasteiger partial charge is 0.488 e. The van der Waals surface area contributed by atoms with E-state index in [0.29, 0.717) is 23.5 Å². The summed E-state index contributed by atoms with van der Waals surface area (Å²) in [5, 5.41) is 3.94. The standard InChI is InChI=1S/C21H18N2O5/c1-26-21(25)16-10-8-15(9-11-16)14-28-18-6-3-2-5-17(18)13-22-23-20(24)19-7-4-12-27-19/h2-13H,14H2,1H3,(H,23,24)/b22-13-. The molecule has 142 valence electrons. The molecule has 3 aromatic rings. The maximum Gasteiger partial charge on any atom is 0.337 e. The Morgan fingerprint density at radius 2 is 1.86 bits per heavy atom. The Morgan fingerprint density at radius 1 is 1.07 bits per heavy atom. The highest BCUT2D eigenvalue weighted by Crippen LogP contribution is 2.18. The summed E-state index contributed by atoms with van der Waals surface area (Å²) in [4.78, 5) is 23.3. The van der Waals surface area contributed by atoms with Gasteiger partial charge in [-0.05, 0) is 42.0 Å². The molecular formula is C21H18N2O5. The highest BCUT2D eigenvalue weighted by atomic mass is 16.5. The second-order valence-electron chi connectivity index (χ2n) is 5.69. The van der Waals surface area contributed by atoms with Gasteiger partial charge in [0.1, 0.15) is 12.4 Å². The molecule has 0 atom stereocenters. The topological polar surface area (TPSA) is 90.1 Å². The van der Waals surface area contributed by atoms with Crippen molar-refractivity contribution < 1.29 is 23.5 Å². The van der Waals surface area contributed by atoms with E-state index < -0.39 is 5.91 Å². The van der Waals surface area contributed by atoms with Gasteiger partial charge in [0, 0.05) is 5.56 Å². The minimum Gasteiger partial charge on any atom is -0.488 e. The summed E-state index contributed by atoms with van der Waals surface area (Å²) < 4.78 is 15.5. The zero-order valence-electron chi connectivity index (χ0n) is 15.1. The van der Waals surface area contributed by atoms with Gasteiger partial charge in [-0.2, -0.15) is 5.10 Å². The number of carbonyl (C=O) groups is 2. The Kier molecular flexibility index (Phi) is 6.20. The summed E-state index contributed by atoms with van der Waals surface area (Å²) in [5.74, 6) is -0.0383. The van der Waals surface area contributed by atoms with Crippen LogP contribution in [-0.2, 0) is 11.3 Å². The van der Waals surface area contributed by atoms with Gasteiger partial charge < -0.3 is 13.9 Å². The fraction of sp³-hybridized carbons (Fsp3) is 0.0952. The van der Waals surface area contributed by atoms with Crippen LogP contribution in [0.5, 0.6) is 5.75 Å². The molecule has 1 amide bonds. The van der Waals surface area contributed by atoms with Crippen LogP contribution in [0.2, 0.25) is 0 Å². The van der Waals surface area contributed by atoms with E-state index in [0.717, 1.165) is 5.56 Å². The van der Waals surface area contributed by atoms with Gasteiger partial charge in [0.25, 0.3) is 0 Å². The van der Waals surface area contributed by atoms with Crippen LogP contribution in [0.25, 0.3) is 0 Å². The van der Waals surface area contributed by atoms with Crippen LogP contribution in [0.1, 0.15) is 32.0 Å². The van der Waals surface area contributed by atoms with E-state index in [2.05, 4.69) is 15.3 Å². The molecule has 0 bridgehead atoms. The first kappa shape index (κ1) is 18.9. The molecule has 0 unspecified atom stereocenters. The van der Waals surface area contributed by atoms with Crippen LogP contribution < -0.4 is 10.2 Å². The number of hydrazone groups is 1. The predicted octanol–water partition coefficient (Wildman–Crippen LogP) is 3.41. The minimum atomic E-state index is -0.439. The molecule has 0 aliphatic rings.